The second-order valence-electron chi connectivity index (χ2n) is 10.7. The van der Waals surface area contributed by atoms with Crippen molar-refractivity contribution in [2.45, 2.75) is 69.6 Å². The van der Waals surface area contributed by atoms with Gasteiger partial charge in [0.15, 0.2) is 17.6 Å². The highest BCUT2D eigenvalue weighted by Gasteiger charge is 2.64. The summed E-state index contributed by atoms with van der Waals surface area (Å²) in [6, 6.07) is 3.48. The number of hydrogen-bond acceptors (Lipinski definition) is 7. The van der Waals surface area contributed by atoms with Crippen LogP contribution in [0.25, 0.3) is 0 Å². The van der Waals surface area contributed by atoms with Crippen molar-refractivity contribution in [1.29, 1.82) is 0 Å². The first kappa shape index (κ1) is 24.6. The molecule has 2 aliphatic carbocycles. The van der Waals surface area contributed by atoms with Gasteiger partial charge in [0.25, 0.3) is 0 Å². The Morgan fingerprint density at radius 3 is 2.75 bits per heavy atom. The number of likely N-dealkylation sites (N-methyl/N-ethyl adjacent to an activating group) is 1. The van der Waals surface area contributed by atoms with E-state index in [-0.39, 0.29) is 24.2 Å². The van der Waals surface area contributed by atoms with Gasteiger partial charge in [-0.25, -0.2) is 4.79 Å². The van der Waals surface area contributed by atoms with Crippen molar-refractivity contribution in [2.75, 3.05) is 20.7 Å². The molecule has 1 amide bonds. The summed E-state index contributed by atoms with van der Waals surface area (Å²) in [5.74, 6) is -0.105. The van der Waals surface area contributed by atoms with Crippen LogP contribution < -0.4 is 14.8 Å². The summed E-state index contributed by atoms with van der Waals surface area (Å²) in [6.07, 6.45) is 3.88. The van der Waals surface area contributed by atoms with E-state index in [4.69, 9.17) is 14.2 Å². The van der Waals surface area contributed by atoms with E-state index < -0.39 is 30.0 Å². The highest BCUT2D eigenvalue weighted by Crippen LogP contribution is 2.63. The third kappa shape index (κ3) is 3.75. The number of methoxy groups -OCH3 is 1. The molecule has 5 atom stereocenters. The molecule has 2 heterocycles. The summed E-state index contributed by atoms with van der Waals surface area (Å²) in [5.41, 5.74) is 2.20. The molecule has 1 fully saturated rings. The molecule has 0 aromatic heterocycles. The lowest BCUT2D eigenvalue weighted by Gasteiger charge is -2.56. The van der Waals surface area contributed by atoms with Gasteiger partial charge in [-0.15, -0.1) is 0 Å². The topological polar surface area (TPSA) is 114 Å². The van der Waals surface area contributed by atoms with Gasteiger partial charge in [0.05, 0.1) is 13.5 Å². The lowest BCUT2D eigenvalue weighted by atomic mass is 9.53. The number of hydrogen-bond donors (Lipinski definition) is 2. The summed E-state index contributed by atoms with van der Waals surface area (Å²) in [4.78, 5) is 38.9. The zero-order chi connectivity index (χ0) is 25.8. The van der Waals surface area contributed by atoms with Crippen molar-refractivity contribution in [3.05, 3.63) is 35.1 Å². The van der Waals surface area contributed by atoms with E-state index in [0.29, 0.717) is 23.5 Å². The number of rotatable bonds is 8. The molecule has 2 bridgehead atoms. The maximum Gasteiger partial charge on any atom is 0.326 e. The molecule has 0 radical (unpaired) electrons. The Bertz CT molecular complexity index is 1130. The van der Waals surface area contributed by atoms with Crippen LogP contribution in [0, 0.1) is 11.8 Å². The van der Waals surface area contributed by atoms with Crippen molar-refractivity contribution in [1.82, 2.24) is 10.2 Å². The van der Waals surface area contributed by atoms with E-state index in [1.807, 2.05) is 12.1 Å². The van der Waals surface area contributed by atoms with Crippen LogP contribution in [0.3, 0.4) is 0 Å². The van der Waals surface area contributed by atoms with Crippen LogP contribution in [0.2, 0.25) is 0 Å². The number of carboxylic acid groups (broad SMARTS) is 1. The predicted octanol–water partition coefficient (Wildman–Crippen LogP) is 2.41. The Labute approximate surface area is 210 Å². The fourth-order valence-corrected chi connectivity index (χ4v) is 6.72. The standard InChI is InChI=1S/C27H34N2O7/c1-14(2)23(26(32)33)28-20(30)9-10-21(31)35-19-8-6-16-17-13-15-5-7-18(34-4)24-22(15)27(16,25(19)36-24)11-12-29(17)3/h5,7-8,14,16-17,23,25H,6,9-13H2,1-4H3,(H,28,30)(H,32,33)/t16?,17?,23-,25-,27-/m0/s1. The minimum Gasteiger partial charge on any atom is -0.493 e. The van der Waals surface area contributed by atoms with Crippen LogP contribution in [-0.4, -0.2) is 66.7 Å². The third-order valence-corrected chi connectivity index (χ3v) is 8.46. The van der Waals surface area contributed by atoms with Gasteiger partial charge in [0.2, 0.25) is 5.91 Å². The first-order chi connectivity index (χ1) is 17.2. The minimum absolute atomic E-state index is 0.146. The molecule has 2 aliphatic heterocycles. The Balaban J connectivity index is 1.34. The highest BCUT2D eigenvalue weighted by molar-refractivity contribution is 5.86. The smallest absolute Gasteiger partial charge is 0.326 e. The number of nitrogens with zero attached hydrogens (tertiary/aromatic N) is 1. The van der Waals surface area contributed by atoms with Gasteiger partial charge < -0.3 is 29.5 Å². The number of allylic oxidation sites excluding steroid dienone is 1. The second kappa shape index (κ2) is 9.10. The Morgan fingerprint density at radius 2 is 2.06 bits per heavy atom. The number of benzene rings is 1. The van der Waals surface area contributed by atoms with Crippen LogP contribution >= 0.6 is 0 Å². The van der Waals surface area contributed by atoms with Gasteiger partial charge in [0.1, 0.15) is 11.8 Å². The predicted molar refractivity (Wildman–Crippen MR) is 130 cm³/mol. The molecule has 1 aromatic rings. The summed E-state index contributed by atoms with van der Waals surface area (Å²) in [6.45, 7) is 4.36. The zero-order valence-corrected chi connectivity index (χ0v) is 21.2. The SMILES string of the molecule is COc1ccc2c3c1O[C@H]1C(OC(=O)CCC(=O)N[C@H](C(=O)O)C(C)C)=CCC4C(C2)N(C)CC[C@@]341. The quantitative estimate of drug-likeness (QED) is 0.526. The summed E-state index contributed by atoms with van der Waals surface area (Å²) in [7, 11) is 3.81. The number of amides is 1. The van der Waals surface area contributed by atoms with E-state index in [1.165, 1.54) is 11.1 Å². The lowest BCUT2D eigenvalue weighted by molar-refractivity contribution is -0.145. The lowest BCUT2D eigenvalue weighted by Crippen LogP contribution is -2.63. The average molecular weight is 499 g/mol. The van der Waals surface area contributed by atoms with Crippen LogP contribution in [0.4, 0.5) is 0 Å². The van der Waals surface area contributed by atoms with Crippen molar-refractivity contribution < 1.29 is 33.7 Å². The minimum atomic E-state index is -1.10. The summed E-state index contributed by atoms with van der Waals surface area (Å²) in [5, 5.41) is 11.8. The normalized spacial score (nSPS) is 28.5. The molecule has 9 nitrogen and oxygen atoms in total. The van der Waals surface area contributed by atoms with Crippen LogP contribution in [0.15, 0.2) is 24.0 Å². The third-order valence-electron chi connectivity index (χ3n) is 8.46. The molecular weight excluding hydrogens is 464 g/mol. The molecule has 9 heteroatoms. The van der Waals surface area contributed by atoms with Gasteiger partial charge in [-0.05, 0) is 62.4 Å². The van der Waals surface area contributed by atoms with Crippen molar-refractivity contribution in [2.24, 2.45) is 11.8 Å². The Morgan fingerprint density at radius 1 is 1.28 bits per heavy atom. The summed E-state index contributed by atoms with van der Waals surface area (Å²) < 4.78 is 18.0. The number of carboxylic acids is 1. The van der Waals surface area contributed by atoms with Gasteiger partial charge in [-0.2, -0.15) is 0 Å². The number of likely N-dealkylation sites (tertiary alicyclic amines) is 1. The van der Waals surface area contributed by atoms with Gasteiger partial charge >= 0.3 is 11.9 Å². The molecule has 1 spiro atoms. The molecule has 1 saturated heterocycles. The summed E-state index contributed by atoms with van der Waals surface area (Å²) >= 11 is 0. The number of carbonyl (C=O) groups is 3. The van der Waals surface area contributed by atoms with E-state index >= 15 is 0 Å². The van der Waals surface area contributed by atoms with E-state index in [9.17, 15) is 19.5 Å². The number of esters is 1. The maximum atomic E-state index is 12.8. The van der Waals surface area contributed by atoms with Crippen LogP contribution in [0.1, 0.15) is 50.7 Å². The molecular formula is C27H34N2O7. The molecule has 2 unspecified atom stereocenters. The van der Waals surface area contributed by atoms with Crippen LogP contribution in [-0.2, 0) is 31.0 Å². The van der Waals surface area contributed by atoms with E-state index in [2.05, 4.69) is 23.3 Å². The van der Waals surface area contributed by atoms with Gasteiger partial charge in [0, 0.05) is 23.4 Å². The number of aliphatic carboxylic acids is 1. The number of carbonyl (C=O) groups excluding carboxylic acids is 2. The molecule has 4 aliphatic rings. The van der Waals surface area contributed by atoms with Gasteiger partial charge in [-0.1, -0.05) is 19.9 Å². The van der Waals surface area contributed by atoms with E-state index in [1.54, 1.807) is 21.0 Å². The molecule has 0 saturated carbocycles. The van der Waals surface area contributed by atoms with E-state index in [0.717, 1.165) is 31.6 Å². The second-order valence-corrected chi connectivity index (χ2v) is 10.7. The average Bonchev–Trinajstić information content (AvgIpc) is 3.19. The van der Waals surface area contributed by atoms with Crippen molar-refractivity contribution in [3.63, 3.8) is 0 Å². The zero-order valence-electron chi connectivity index (χ0n) is 21.2. The fourth-order valence-electron chi connectivity index (χ4n) is 6.72. The monoisotopic (exact) mass is 498 g/mol. The van der Waals surface area contributed by atoms with Crippen molar-refractivity contribution in [3.8, 4) is 11.5 Å². The maximum absolute atomic E-state index is 12.8. The van der Waals surface area contributed by atoms with Gasteiger partial charge in [-0.3, -0.25) is 9.59 Å². The number of piperidine rings is 1. The first-order valence-electron chi connectivity index (χ1n) is 12.7. The first-order valence-corrected chi connectivity index (χ1v) is 12.7. The molecule has 5 rings (SSSR count). The molecule has 2 N–H and O–H groups in total. The molecule has 36 heavy (non-hydrogen) atoms. The number of ether oxygens (including phenoxy) is 3. The Kier molecular flexibility index (Phi) is 6.22. The fraction of sp³-hybridized carbons (Fsp3) is 0.593. The number of nitrogens with one attached hydrogen (secondary N) is 1. The van der Waals surface area contributed by atoms with Crippen LogP contribution in [0.5, 0.6) is 11.5 Å². The molecule has 1 aromatic carbocycles. The molecule has 194 valence electrons. The Hall–Kier alpha value is -3.07. The van der Waals surface area contributed by atoms with Crippen molar-refractivity contribution >= 4 is 17.8 Å². The highest BCUT2D eigenvalue weighted by atomic mass is 16.6. The largest absolute Gasteiger partial charge is 0.493 e.